The van der Waals surface area contributed by atoms with E-state index in [1.165, 1.54) is 12.8 Å². The molecule has 1 saturated carbocycles. The Kier molecular flexibility index (Phi) is 4.27. The summed E-state index contributed by atoms with van der Waals surface area (Å²) < 4.78 is 1.88. The van der Waals surface area contributed by atoms with E-state index in [0.717, 1.165) is 48.4 Å². The Bertz CT molecular complexity index is 1030. The third-order valence-electron chi connectivity index (χ3n) is 5.81. The topological polar surface area (TPSA) is 75.3 Å². The first-order valence-corrected chi connectivity index (χ1v) is 10.4. The molecule has 2 fully saturated rings. The van der Waals surface area contributed by atoms with Crippen molar-refractivity contribution in [2.24, 2.45) is 0 Å². The van der Waals surface area contributed by atoms with Gasteiger partial charge in [0.05, 0.1) is 5.69 Å². The van der Waals surface area contributed by atoms with Crippen LogP contribution in [0.5, 0.6) is 0 Å². The smallest absolute Gasteiger partial charge is 0.178 e. The van der Waals surface area contributed by atoms with Crippen LogP contribution in [0.15, 0.2) is 24.4 Å². The van der Waals surface area contributed by atoms with Crippen molar-refractivity contribution in [3.63, 3.8) is 0 Å². The fourth-order valence-electron chi connectivity index (χ4n) is 3.76. The zero-order chi connectivity index (χ0) is 20.2. The number of anilines is 1. The van der Waals surface area contributed by atoms with Crippen LogP contribution in [0.4, 0.5) is 5.82 Å². The molecule has 0 bridgehead atoms. The second-order valence-corrected chi connectivity index (χ2v) is 9.39. The summed E-state index contributed by atoms with van der Waals surface area (Å²) in [5.41, 5.74) is 1.81. The van der Waals surface area contributed by atoms with Gasteiger partial charge in [0.15, 0.2) is 11.5 Å². The standard InChI is InChI=1S/C21H28N8/c1-21(2,3)20-25-24-17-7-8-18(26-29(17)20)28-12-16(13-28)27(4)11-15-9-10-22-19(23-15)14-5-6-14/h7-10,14,16H,5-6,11-13H2,1-4H3. The molecule has 29 heavy (non-hydrogen) atoms. The summed E-state index contributed by atoms with van der Waals surface area (Å²) in [7, 11) is 2.18. The molecular formula is C21H28N8. The highest BCUT2D eigenvalue weighted by atomic mass is 15.4. The quantitative estimate of drug-likeness (QED) is 0.660. The molecule has 0 N–H and O–H groups in total. The number of rotatable bonds is 5. The largest absolute Gasteiger partial charge is 0.352 e. The average molecular weight is 393 g/mol. The predicted molar refractivity (Wildman–Crippen MR) is 111 cm³/mol. The molecule has 1 aliphatic carbocycles. The number of likely N-dealkylation sites (N-methyl/N-ethyl adjacent to an activating group) is 1. The Hall–Kier alpha value is -2.61. The molecule has 8 nitrogen and oxygen atoms in total. The van der Waals surface area contributed by atoms with E-state index in [9.17, 15) is 0 Å². The molecule has 2 aliphatic rings. The summed E-state index contributed by atoms with van der Waals surface area (Å²) in [6.45, 7) is 9.18. The van der Waals surface area contributed by atoms with Gasteiger partial charge in [-0.1, -0.05) is 20.8 Å². The van der Waals surface area contributed by atoms with Crippen molar-refractivity contribution in [1.29, 1.82) is 0 Å². The molecule has 3 aromatic rings. The van der Waals surface area contributed by atoms with Crippen LogP contribution in [0.25, 0.3) is 5.65 Å². The van der Waals surface area contributed by atoms with Crippen molar-refractivity contribution in [2.75, 3.05) is 25.0 Å². The van der Waals surface area contributed by atoms with Gasteiger partial charge in [-0.3, -0.25) is 4.90 Å². The molecule has 152 valence electrons. The van der Waals surface area contributed by atoms with E-state index in [4.69, 9.17) is 10.1 Å². The van der Waals surface area contributed by atoms with E-state index in [2.05, 4.69) is 52.8 Å². The minimum absolute atomic E-state index is 0.0976. The van der Waals surface area contributed by atoms with Crippen LogP contribution in [0, 0.1) is 0 Å². The van der Waals surface area contributed by atoms with Crippen LogP contribution in [-0.2, 0) is 12.0 Å². The maximum atomic E-state index is 4.82. The predicted octanol–water partition coefficient (Wildman–Crippen LogP) is 2.41. The van der Waals surface area contributed by atoms with Crippen LogP contribution < -0.4 is 4.90 Å². The lowest BCUT2D eigenvalue weighted by Gasteiger charge is -2.44. The van der Waals surface area contributed by atoms with Gasteiger partial charge in [0, 0.05) is 43.2 Å². The van der Waals surface area contributed by atoms with Crippen LogP contribution >= 0.6 is 0 Å². The second kappa shape index (κ2) is 6.73. The molecule has 0 radical (unpaired) electrons. The molecule has 0 spiro atoms. The molecule has 0 amide bonds. The lowest BCUT2D eigenvalue weighted by atomic mass is 9.96. The summed E-state index contributed by atoms with van der Waals surface area (Å²) in [6.07, 6.45) is 4.37. The van der Waals surface area contributed by atoms with Gasteiger partial charge >= 0.3 is 0 Å². The van der Waals surface area contributed by atoms with Gasteiger partial charge in [0.1, 0.15) is 11.6 Å². The second-order valence-electron chi connectivity index (χ2n) is 9.39. The van der Waals surface area contributed by atoms with Crippen molar-refractivity contribution in [1.82, 2.24) is 34.7 Å². The van der Waals surface area contributed by atoms with Gasteiger partial charge in [-0.05, 0) is 38.1 Å². The number of hydrogen-bond donors (Lipinski definition) is 0. The SMILES string of the molecule is CN(Cc1ccnc(C2CC2)n1)C1CN(c2ccc3nnc(C(C)(C)C)n3n2)C1. The molecule has 0 atom stereocenters. The zero-order valence-electron chi connectivity index (χ0n) is 17.6. The Labute approximate surface area is 171 Å². The highest BCUT2D eigenvalue weighted by Gasteiger charge is 2.32. The lowest BCUT2D eigenvalue weighted by Crippen LogP contribution is -2.58. The molecule has 1 saturated heterocycles. The lowest BCUT2D eigenvalue weighted by molar-refractivity contribution is 0.194. The normalized spacial score (nSPS) is 17.9. The Morgan fingerprint density at radius 2 is 1.90 bits per heavy atom. The Morgan fingerprint density at radius 3 is 2.62 bits per heavy atom. The van der Waals surface area contributed by atoms with E-state index in [0.29, 0.717) is 12.0 Å². The van der Waals surface area contributed by atoms with E-state index in [-0.39, 0.29) is 5.41 Å². The Balaban J connectivity index is 1.25. The monoisotopic (exact) mass is 392 g/mol. The van der Waals surface area contributed by atoms with Crippen LogP contribution in [0.3, 0.4) is 0 Å². The highest BCUT2D eigenvalue weighted by molar-refractivity contribution is 5.48. The Morgan fingerprint density at radius 1 is 1.10 bits per heavy atom. The molecule has 0 aromatic carbocycles. The van der Waals surface area contributed by atoms with Crippen molar-refractivity contribution >= 4 is 11.5 Å². The van der Waals surface area contributed by atoms with Crippen molar-refractivity contribution in [2.45, 2.75) is 57.5 Å². The first-order chi connectivity index (χ1) is 13.9. The third-order valence-corrected chi connectivity index (χ3v) is 5.81. The van der Waals surface area contributed by atoms with E-state index >= 15 is 0 Å². The summed E-state index contributed by atoms with van der Waals surface area (Å²) in [5, 5.41) is 13.4. The first kappa shape index (κ1) is 18.4. The summed E-state index contributed by atoms with van der Waals surface area (Å²) in [6, 6.07) is 6.57. The van der Waals surface area contributed by atoms with Crippen molar-refractivity contribution < 1.29 is 0 Å². The molecule has 4 heterocycles. The van der Waals surface area contributed by atoms with Gasteiger partial charge in [-0.2, -0.15) is 4.52 Å². The van der Waals surface area contributed by atoms with Crippen LogP contribution in [0.2, 0.25) is 0 Å². The van der Waals surface area contributed by atoms with Crippen LogP contribution in [-0.4, -0.2) is 60.9 Å². The summed E-state index contributed by atoms with van der Waals surface area (Å²) >= 11 is 0. The van der Waals surface area contributed by atoms with Gasteiger partial charge in [-0.25, -0.2) is 9.97 Å². The molecule has 5 rings (SSSR count). The van der Waals surface area contributed by atoms with Crippen LogP contribution in [0.1, 0.15) is 56.9 Å². The number of aromatic nitrogens is 6. The van der Waals surface area contributed by atoms with E-state index < -0.39 is 0 Å². The number of nitrogens with zero attached hydrogens (tertiary/aromatic N) is 8. The average Bonchev–Trinajstić information content (AvgIpc) is 3.39. The summed E-state index contributed by atoms with van der Waals surface area (Å²) in [5.74, 6) is 3.48. The molecule has 0 unspecified atom stereocenters. The van der Waals surface area contributed by atoms with Gasteiger partial charge in [0.25, 0.3) is 0 Å². The fourth-order valence-corrected chi connectivity index (χ4v) is 3.76. The minimum atomic E-state index is -0.0976. The van der Waals surface area contributed by atoms with Crippen molar-refractivity contribution in [3.05, 3.63) is 41.7 Å². The highest BCUT2D eigenvalue weighted by Crippen LogP contribution is 2.37. The molecule has 3 aromatic heterocycles. The number of hydrogen-bond acceptors (Lipinski definition) is 7. The maximum Gasteiger partial charge on any atom is 0.178 e. The third kappa shape index (κ3) is 3.57. The maximum absolute atomic E-state index is 4.82. The van der Waals surface area contributed by atoms with Gasteiger partial charge in [0.2, 0.25) is 0 Å². The molecular weight excluding hydrogens is 364 g/mol. The first-order valence-electron chi connectivity index (χ1n) is 10.4. The van der Waals surface area contributed by atoms with Crippen molar-refractivity contribution in [3.8, 4) is 0 Å². The number of fused-ring (bicyclic) bond motifs is 1. The minimum Gasteiger partial charge on any atom is -0.352 e. The zero-order valence-corrected chi connectivity index (χ0v) is 17.6. The van der Waals surface area contributed by atoms with Gasteiger partial charge < -0.3 is 4.90 Å². The summed E-state index contributed by atoms with van der Waals surface area (Å²) in [4.78, 5) is 13.9. The van der Waals surface area contributed by atoms with Gasteiger partial charge in [-0.15, -0.1) is 15.3 Å². The molecule has 8 heteroatoms. The van der Waals surface area contributed by atoms with E-state index in [1.807, 2.05) is 28.9 Å². The van der Waals surface area contributed by atoms with E-state index in [1.54, 1.807) is 0 Å². The fraction of sp³-hybridized carbons (Fsp3) is 0.571. The molecule has 1 aliphatic heterocycles.